The van der Waals surface area contributed by atoms with E-state index in [1.807, 2.05) is 6.08 Å². The van der Waals surface area contributed by atoms with Crippen LogP contribution in [0, 0.1) is 0 Å². The van der Waals surface area contributed by atoms with Crippen LogP contribution in [-0.2, 0) is 18.4 Å². The Balaban J connectivity index is 4.37. The first-order valence-electron chi connectivity index (χ1n) is 20.4. The molecule has 0 aliphatic heterocycles. The number of amides is 1. The molecule has 0 rings (SSSR count). The van der Waals surface area contributed by atoms with E-state index in [2.05, 4.69) is 67.8 Å². The van der Waals surface area contributed by atoms with E-state index in [0.29, 0.717) is 6.42 Å². The molecule has 0 aliphatic carbocycles. The van der Waals surface area contributed by atoms with E-state index in [1.165, 1.54) is 70.6 Å². The maximum atomic E-state index is 12.7. The molecule has 0 aromatic heterocycles. The van der Waals surface area contributed by atoms with Gasteiger partial charge in [0, 0.05) is 13.0 Å². The van der Waals surface area contributed by atoms with Crippen molar-refractivity contribution in [1.29, 1.82) is 0 Å². The van der Waals surface area contributed by atoms with Gasteiger partial charge in [-0.2, -0.15) is 0 Å². The number of aliphatic hydroxyl groups excluding tert-OH is 1. The van der Waals surface area contributed by atoms with Gasteiger partial charge in [-0.3, -0.25) is 13.8 Å². The van der Waals surface area contributed by atoms with Gasteiger partial charge >= 0.3 is 7.82 Å². The van der Waals surface area contributed by atoms with Crippen molar-refractivity contribution in [1.82, 2.24) is 5.32 Å². The topological polar surface area (TPSA) is 131 Å². The fraction of sp³-hybridized carbons (Fsp3) is 0.738. The highest BCUT2D eigenvalue weighted by atomic mass is 31.2. The van der Waals surface area contributed by atoms with Gasteiger partial charge < -0.3 is 21.1 Å². The molecule has 0 radical (unpaired) electrons. The third-order valence-electron chi connectivity index (χ3n) is 8.52. The molecule has 3 unspecified atom stereocenters. The van der Waals surface area contributed by atoms with E-state index >= 15 is 0 Å². The molecule has 0 bridgehead atoms. The monoisotopic (exact) mass is 737 g/mol. The molecular formula is C42H77N2O6P. The number of allylic oxidation sites excluding steroid dienone is 9. The Morgan fingerprint density at radius 1 is 0.647 bits per heavy atom. The molecule has 0 fully saturated rings. The zero-order valence-corrected chi connectivity index (χ0v) is 33.5. The predicted molar refractivity (Wildman–Crippen MR) is 217 cm³/mol. The molecule has 0 aromatic rings. The first kappa shape index (κ1) is 49.2. The van der Waals surface area contributed by atoms with Gasteiger partial charge in [0.2, 0.25) is 5.91 Å². The van der Waals surface area contributed by atoms with Crippen LogP contribution < -0.4 is 11.1 Å². The van der Waals surface area contributed by atoms with E-state index < -0.39 is 20.0 Å². The van der Waals surface area contributed by atoms with Crippen LogP contribution in [0.15, 0.2) is 60.8 Å². The summed E-state index contributed by atoms with van der Waals surface area (Å²) in [6, 6.07) is -0.891. The van der Waals surface area contributed by atoms with Crippen LogP contribution >= 0.6 is 7.82 Å². The van der Waals surface area contributed by atoms with Gasteiger partial charge in [-0.25, -0.2) is 4.57 Å². The predicted octanol–water partition coefficient (Wildman–Crippen LogP) is 11.1. The first-order valence-corrected chi connectivity index (χ1v) is 21.9. The van der Waals surface area contributed by atoms with Crippen LogP contribution in [0.5, 0.6) is 0 Å². The Morgan fingerprint density at radius 3 is 1.71 bits per heavy atom. The minimum Gasteiger partial charge on any atom is -0.387 e. The number of nitrogens with two attached hydrogens (primary N) is 1. The Bertz CT molecular complexity index is 980. The largest absolute Gasteiger partial charge is 0.472 e. The summed E-state index contributed by atoms with van der Waals surface area (Å²) in [6.45, 7) is 4.01. The van der Waals surface area contributed by atoms with Gasteiger partial charge in [0.1, 0.15) is 0 Å². The fourth-order valence-electron chi connectivity index (χ4n) is 5.43. The van der Waals surface area contributed by atoms with Crippen molar-refractivity contribution in [3.05, 3.63) is 60.8 Å². The Labute approximate surface area is 313 Å². The number of rotatable bonds is 37. The molecule has 51 heavy (non-hydrogen) atoms. The number of phosphoric ester groups is 1. The number of hydrogen-bond acceptors (Lipinski definition) is 6. The van der Waals surface area contributed by atoms with E-state index in [9.17, 15) is 19.4 Å². The number of hydrogen-bond donors (Lipinski definition) is 4. The summed E-state index contributed by atoms with van der Waals surface area (Å²) in [5, 5.41) is 13.6. The standard InChI is InChI=1S/C42H77N2O6P/c1-3-5-7-9-11-13-15-17-18-19-20-21-22-24-25-27-29-31-33-35-41(45)40(39-50-51(47,48)49-38-37-43)44-42(46)36-34-32-30-28-26-23-16-14-12-10-8-6-4-2/h8,10,14,16,20-21,25,27,33,35,40-41,45H,3-7,9,11-13,15,17-19,22-24,26,28-32,34,36-39,43H2,1-2H3,(H,44,46)(H,47,48)/b10-8-,16-14-,21-20+,27-25+,35-33+. The van der Waals surface area contributed by atoms with Crippen LogP contribution in [-0.4, -0.2) is 47.8 Å². The van der Waals surface area contributed by atoms with Crippen molar-refractivity contribution >= 4 is 13.7 Å². The van der Waals surface area contributed by atoms with Gasteiger partial charge in [-0.05, 0) is 70.6 Å². The molecule has 0 heterocycles. The van der Waals surface area contributed by atoms with Gasteiger partial charge in [-0.1, -0.05) is 152 Å². The lowest BCUT2D eigenvalue weighted by molar-refractivity contribution is -0.123. The van der Waals surface area contributed by atoms with Crippen molar-refractivity contribution in [3.8, 4) is 0 Å². The van der Waals surface area contributed by atoms with Crippen LogP contribution in [0.3, 0.4) is 0 Å². The molecule has 0 aromatic carbocycles. The second-order valence-electron chi connectivity index (χ2n) is 13.5. The lowest BCUT2D eigenvalue weighted by atomic mass is 10.1. The minimum atomic E-state index is -4.35. The number of phosphoric acid groups is 1. The van der Waals surface area contributed by atoms with Gasteiger partial charge in [0.25, 0.3) is 0 Å². The van der Waals surface area contributed by atoms with E-state index in [4.69, 9.17) is 14.8 Å². The van der Waals surface area contributed by atoms with E-state index in [0.717, 1.165) is 77.0 Å². The third kappa shape index (κ3) is 36.4. The highest BCUT2D eigenvalue weighted by molar-refractivity contribution is 7.47. The molecule has 5 N–H and O–H groups in total. The van der Waals surface area contributed by atoms with Gasteiger partial charge in [0.05, 0.1) is 25.4 Å². The minimum absolute atomic E-state index is 0.0669. The summed E-state index contributed by atoms with van der Waals surface area (Å²) >= 11 is 0. The normalized spacial score (nSPS) is 14.8. The summed E-state index contributed by atoms with van der Waals surface area (Å²) < 4.78 is 22.0. The van der Waals surface area contributed by atoms with E-state index in [1.54, 1.807) is 6.08 Å². The molecule has 0 aliphatic rings. The Hall–Kier alpha value is -1.80. The smallest absolute Gasteiger partial charge is 0.387 e. The number of aliphatic hydroxyl groups is 1. The average Bonchev–Trinajstić information content (AvgIpc) is 3.12. The first-order chi connectivity index (χ1) is 24.9. The highest BCUT2D eigenvalue weighted by Crippen LogP contribution is 2.43. The van der Waals surface area contributed by atoms with Crippen LogP contribution in [0.25, 0.3) is 0 Å². The van der Waals surface area contributed by atoms with E-state index in [-0.39, 0.29) is 25.7 Å². The highest BCUT2D eigenvalue weighted by Gasteiger charge is 2.26. The SMILES string of the molecule is CCC/C=C\C/C=C\CCCCCCCC(=O)NC(COP(=O)(O)OCCN)C(O)/C=C/CC/C=C/CC/C=C/CCCCCCCCCCC. The molecule has 296 valence electrons. The second-order valence-corrected chi connectivity index (χ2v) is 14.9. The number of carbonyl (C=O) groups is 1. The molecule has 0 saturated carbocycles. The van der Waals surface area contributed by atoms with Crippen molar-refractivity contribution in [2.45, 2.75) is 180 Å². The lowest BCUT2D eigenvalue weighted by Crippen LogP contribution is -2.45. The summed E-state index contributed by atoms with van der Waals surface area (Å²) in [6.07, 6.45) is 47.0. The molecule has 8 nitrogen and oxygen atoms in total. The number of carbonyl (C=O) groups excluding carboxylic acids is 1. The quantitative estimate of drug-likeness (QED) is 0.0284. The van der Waals surface area contributed by atoms with Crippen molar-refractivity contribution < 1.29 is 28.4 Å². The van der Waals surface area contributed by atoms with Crippen LogP contribution in [0.1, 0.15) is 168 Å². The molecule has 9 heteroatoms. The number of nitrogens with one attached hydrogen (secondary N) is 1. The average molecular weight is 737 g/mol. The van der Waals surface area contributed by atoms with Gasteiger partial charge in [-0.15, -0.1) is 0 Å². The Kier molecular flexibility index (Phi) is 36.6. The second kappa shape index (κ2) is 37.9. The number of unbranched alkanes of at least 4 members (excludes halogenated alkanes) is 17. The lowest BCUT2D eigenvalue weighted by Gasteiger charge is -2.23. The van der Waals surface area contributed by atoms with Crippen molar-refractivity contribution in [2.24, 2.45) is 5.73 Å². The summed E-state index contributed by atoms with van der Waals surface area (Å²) in [5.41, 5.74) is 5.36. The maximum Gasteiger partial charge on any atom is 0.472 e. The summed E-state index contributed by atoms with van der Waals surface area (Å²) in [7, 11) is -4.35. The molecule has 1 amide bonds. The Morgan fingerprint density at radius 2 is 1.14 bits per heavy atom. The molecule has 0 spiro atoms. The fourth-order valence-corrected chi connectivity index (χ4v) is 6.19. The van der Waals surface area contributed by atoms with Crippen molar-refractivity contribution in [3.63, 3.8) is 0 Å². The zero-order chi connectivity index (χ0) is 37.5. The maximum absolute atomic E-state index is 12.7. The molecule has 3 atom stereocenters. The summed E-state index contributed by atoms with van der Waals surface area (Å²) in [4.78, 5) is 22.6. The summed E-state index contributed by atoms with van der Waals surface area (Å²) in [5.74, 6) is -0.226. The van der Waals surface area contributed by atoms with Crippen LogP contribution in [0.2, 0.25) is 0 Å². The van der Waals surface area contributed by atoms with Crippen molar-refractivity contribution in [2.75, 3.05) is 19.8 Å². The molecular weight excluding hydrogens is 659 g/mol. The third-order valence-corrected chi connectivity index (χ3v) is 9.51. The zero-order valence-electron chi connectivity index (χ0n) is 32.6. The van der Waals surface area contributed by atoms with Crippen LogP contribution in [0.4, 0.5) is 0 Å². The van der Waals surface area contributed by atoms with Gasteiger partial charge in [0.15, 0.2) is 0 Å². The molecule has 0 saturated heterocycles.